The van der Waals surface area contributed by atoms with Crippen molar-refractivity contribution in [1.82, 2.24) is 15.5 Å². The maximum absolute atomic E-state index is 12.3. The average Bonchev–Trinajstić information content (AvgIpc) is 3.23. The van der Waals surface area contributed by atoms with Crippen LogP contribution in [0, 0.1) is 0 Å². The Morgan fingerprint density at radius 2 is 1.77 bits per heavy atom. The first-order valence-corrected chi connectivity index (χ1v) is 9.08. The number of hydrogen-bond donors (Lipinski definition) is 2. The van der Waals surface area contributed by atoms with E-state index in [9.17, 15) is 9.59 Å². The van der Waals surface area contributed by atoms with E-state index in [1.165, 1.54) is 9.78 Å². The largest absolute Gasteiger partial charge is 0.357 e. The van der Waals surface area contributed by atoms with Crippen molar-refractivity contribution in [3.63, 3.8) is 0 Å². The van der Waals surface area contributed by atoms with E-state index >= 15 is 0 Å². The Morgan fingerprint density at radius 3 is 2.35 bits per heavy atom. The molecule has 1 aliphatic heterocycles. The van der Waals surface area contributed by atoms with E-state index in [1.807, 2.05) is 24.4 Å². The average molecular weight is 484 g/mol. The Morgan fingerprint density at radius 1 is 1.08 bits per heavy atom. The smallest absolute Gasteiger partial charge is 0.261 e. The van der Waals surface area contributed by atoms with Crippen molar-refractivity contribution in [3.05, 3.63) is 57.8 Å². The summed E-state index contributed by atoms with van der Waals surface area (Å²) in [5.41, 5.74) is 0.955. The SMILES string of the molecule is CCNC(=NCc1cccs1)NCCN1C(=O)c2ccccc2C1=O.I. The first-order chi connectivity index (χ1) is 12.2. The topological polar surface area (TPSA) is 73.8 Å². The Bertz CT molecular complexity index is 757. The second-order valence-corrected chi connectivity index (χ2v) is 6.54. The fourth-order valence-electron chi connectivity index (χ4n) is 2.63. The highest BCUT2D eigenvalue weighted by Crippen LogP contribution is 2.21. The number of carbonyl (C=O) groups excluding carboxylic acids is 2. The number of imide groups is 1. The molecular formula is C18H21IN4O2S. The zero-order valence-electron chi connectivity index (χ0n) is 14.4. The molecule has 1 aromatic carbocycles. The van der Waals surface area contributed by atoms with Gasteiger partial charge in [-0.1, -0.05) is 18.2 Å². The van der Waals surface area contributed by atoms with E-state index in [0.29, 0.717) is 36.7 Å². The van der Waals surface area contributed by atoms with Crippen LogP contribution < -0.4 is 10.6 Å². The van der Waals surface area contributed by atoms with Gasteiger partial charge >= 0.3 is 0 Å². The van der Waals surface area contributed by atoms with Gasteiger partial charge in [-0.3, -0.25) is 14.5 Å². The molecule has 0 unspecified atom stereocenters. The zero-order chi connectivity index (χ0) is 17.6. The maximum Gasteiger partial charge on any atom is 0.261 e. The van der Waals surface area contributed by atoms with E-state index in [-0.39, 0.29) is 35.8 Å². The van der Waals surface area contributed by atoms with Gasteiger partial charge in [-0.2, -0.15) is 0 Å². The van der Waals surface area contributed by atoms with Crippen molar-refractivity contribution in [2.45, 2.75) is 13.5 Å². The number of fused-ring (bicyclic) bond motifs is 1. The van der Waals surface area contributed by atoms with Gasteiger partial charge in [0.05, 0.1) is 17.7 Å². The molecule has 2 aromatic rings. The molecule has 1 aromatic heterocycles. The second kappa shape index (κ2) is 9.67. The predicted octanol–water partition coefficient (Wildman–Crippen LogP) is 2.72. The number of halogens is 1. The molecule has 2 heterocycles. The van der Waals surface area contributed by atoms with Gasteiger partial charge in [0, 0.05) is 24.5 Å². The Kier molecular flexibility index (Phi) is 7.58. The highest BCUT2D eigenvalue weighted by atomic mass is 127. The van der Waals surface area contributed by atoms with E-state index in [2.05, 4.69) is 15.6 Å². The summed E-state index contributed by atoms with van der Waals surface area (Å²) in [5.74, 6) is 0.207. The van der Waals surface area contributed by atoms with E-state index in [0.717, 1.165) is 6.54 Å². The van der Waals surface area contributed by atoms with Crippen LogP contribution in [0.3, 0.4) is 0 Å². The van der Waals surface area contributed by atoms with Gasteiger partial charge < -0.3 is 10.6 Å². The lowest BCUT2D eigenvalue weighted by atomic mass is 10.1. The van der Waals surface area contributed by atoms with Gasteiger partial charge in [0.25, 0.3) is 11.8 Å². The number of benzene rings is 1. The van der Waals surface area contributed by atoms with Crippen LogP contribution >= 0.6 is 35.3 Å². The summed E-state index contributed by atoms with van der Waals surface area (Å²) in [5, 5.41) is 8.36. The van der Waals surface area contributed by atoms with E-state index in [1.54, 1.807) is 35.6 Å². The fourth-order valence-corrected chi connectivity index (χ4v) is 3.26. The number of rotatable bonds is 6. The molecule has 0 atom stereocenters. The minimum absolute atomic E-state index is 0. The molecule has 0 saturated heterocycles. The monoisotopic (exact) mass is 484 g/mol. The molecule has 0 fully saturated rings. The molecule has 26 heavy (non-hydrogen) atoms. The molecule has 8 heteroatoms. The summed E-state index contributed by atoms with van der Waals surface area (Å²) in [6.45, 7) is 4.08. The third kappa shape index (κ3) is 4.61. The Balaban J connectivity index is 0.00000243. The van der Waals surface area contributed by atoms with Crippen molar-refractivity contribution in [1.29, 1.82) is 0 Å². The van der Waals surface area contributed by atoms with Crippen LogP contribution in [0.2, 0.25) is 0 Å². The van der Waals surface area contributed by atoms with Crippen LogP contribution in [0.25, 0.3) is 0 Å². The first kappa shape index (κ1) is 20.4. The van der Waals surface area contributed by atoms with Gasteiger partial charge in [0.2, 0.25) is 0 Å². The van der Waals surface area contributed by atoms with E-state index in [4.69, 9.17) is 0 Å². The lowest BCUT2D eigenvalue weighted by Crippen LogP contribution is -2.43. The molecule has 6 nitrogen and oxygen atoms in total. The third-order valence-corrected chi connectivity index (χ3v) is 4.68. The van der Waals surface area contributed by atoms with Crippen LogP contribution in [0.4, 0.5) is 0 Å². The second-order valence-electron chi connectivity index (χ2n) is 5.51. The number of hydrogen-bond acceptors (Lipinski definition) is 4. The van der Waals surface area contributed by atoms with Gasteiger partial charge in [0.15, 0.2) is 5.96 Å². The number of carbonyl (C=O) groups is 2. The standard InChI is InChI=1S/C18H20N4O2S.HI/c1-2-19-18(21-12-13-6-5-11-25-13)20-9-10-22-16(23)14-7-3-4-8-15(14)17(22)24;/h3-8,11H,2,9-10,12H2,1H3,(H2,19,20,21);1H. The number of nitrogens with zero attached hydrogens (tertiary/aromatic N) is 2. The van der Waals surface area contributed by atoms with Gasteiger partial charge in [-0.15, -0.1) is 35.3 Å². The molecule has 0 radical (unpaired) electrons. The molecule has 138 valence electrons. The molecular weight excluding hydrogens is 463 g/mol. The van der Waals surface area contributed by atoms with Crippen molar-refractivity contribution >= 4 is 53.1 Å². The third-order valence-electron chi connectivity index (χ3n) is 3.82. The van der Waals surface area contributed by atoms with Crippen molar-refractivity contribution in [3.8, 4) is 0 Å². The first-order valence-electron chi connectivity index (χ1n) is 8.20. The number of amides is 2. The minimum atomic E-state index is -0.233. The molecule has 1 aliphatic rings. The van der Waals surface area contributed by atoms with Gasteiger partial charge in [0.1, 0.15) is 0 Å². The van der Waals surface area contributed by atoms with Crippen LogP contribution in [0.5, 0.6) is 0 Å². The Hall–Kier alpha value is -1.94. The van der Waals surface area contributed by atoms with Crippen LogP contribution in [0.15, 0.2) is 46.8 Å². The normalized spacial score (nSPS) is 13.4. The summed E-state index contributed by atoms with van der Waals surface area (Å²) in [4.78, 5) is 31.6. The van der Waals surface area contributed by atoms with Crippen LogP contribution in [0.1, 0.15) is 32.5 Å². The lowest BCUT2D eigenvalue weighted by Gasteiger charge is -2.16. The quantitative estimate of drug-likeness (QED) is 0.286. The van der Waals surface area contributed by atoms with Crippen LogP contribution in [-0.4, -0.2) is 42.3 Å². The van der Waals surface area contributed by atoms with Crippen molar-refractivity contribution in [2.24, 2.45) is 4.99 Å². The molecule has 2 N–H and O–H groups in total. The fraction of sp³-hybridized carbons (Fsp3) is 0.278. The number of thiophene rings is 1. The summed E-state index contributed by atoms with van der Waals surface area (Å²) >= 11 is 1.66. The molecule has 0 saturated carbocycles. The van der Waals surface area contributed by atoms with Crippen molar-refractivity contribution in [2.75, 3.05) is 19.6 Å². The summed E-state index contributed by atoms with van der Waals surface area (Å²) in [6.07, 6.45) is 0. The number of nitrogens with one attached hydrogen (secondary N) is 2. The highest BCUT2D eigenvalue weighted by Gasteiger charge is 2.34. The molecule has 3 rings (SSSR count). The Labute approximate surface area is 173 Å². The molecule has 0 bridgehead atoms. The summed E-state index contributed by atoms with van der Waals surface area (Å²) in [7, 11) is 0. The number of aliphatic imine (C=N–C) groups is 1. The number of guanidine groups is 1. The predicted molar refractivity (Wildman–Crippen MR) is 114 cm³/mol. The van der Waals surface area contributed by atoms with E-state index < -0.39 is 0 Å². The van der Waals surface area contributed by atoms with Crippen LogP contribution in [-0.2, 0) is 6.54 Å². The molecule has 0 spiro atoms. The van der Waals surface area contributed by atoms with Gasteiger partial charge in [-0.25, -0.2) is 4.99 Å². The van der Waals surface area contributed by atoms with Gasteiger partial charge in [-0.05, 0) is 30.5 Å². The summed E-state index contributed by atoms with van der Waals surface area (Å²) < 4.78 is 0. The zero-order valence-corrected chi connectivity index (χ0v) is 17.5. The lowest BCUT2D eigenvalue weighted by molar-refractivity contribution is 0.0657. The minimum Gasteiger partial charge on any atom is -0.357 e. The highest BCUT2D eigenvalue weighted by molar-refractivity contribution is 14.0. The molecule has 0 aliphatic carbocycles. The molecule has 2 amide bonds. The maximum atomic E-state index is 12.3. The summed E-state index contributed by atoms with van der Waals surface area (Å²) in [6, 6.07) is 11.0. The van der Waals surface area contributed by atoms with Crippen molar-refractivity contribution < 1.29 is 9.59 Å².